The third kappa shape index (κ3) is 6.07. The average molecular weight is 615 g/mol. The smallest absolute Gasteiger partial charge is 0.369 e. The molecule has 1 saturated heterocycles. The van der Waals surface area contributed by atoms with Crippen LogP contribution in [0, 0.1) is 6.92 Å². The van der Waals surface area contributed by atoms with E-state index < -0.39 is 39.6 Å². The second-order valence-corrected chi connectivity index (χ2v) is 12.2. The van der Waals surface area contributed by atoms with Crippen molar-refractivity contribution in [3.8, 4) is 0 Å². The van der Waals surface area contributed by atoms with Gasteiger partial charge in [-0.25, -0.2) is 8.42 Å². The lowest BCUT2D eigenvalue weighted by molar-refractivity contribution is -0.376. The molecule has 0 bridgehead atoms. The van der Waals surface area contributed by atoms with Crippen LogP contribution in [0.3, 0.4) is 0 Å². The molecule has 4 rings (SSSR count). The summed E-state index contributed by atoms with van der Waals surface area (Å²) in [7, 11) is -3.77. The van der Waals surface area contributed by atoms with Crippen LogP contribution >= 0.6 is 23.7 Å². The van der Waals surface area contributed by atoms with Gasteiger partial charge in [-0.1, -0.05) is 48.0 Å². The molecule has 0 amide bonds. The maximum atomic E-state index is 13.3. The van der Waals surface area contributed by atoms with E-state index in [0.717, 1.165) is 34.6 Å². The fraction of sp³-hybridized carbons (Fsp3) is 0.360. The Labute approximate surface area is 232 Å². The molecule has 39 heavy (non-hydrogen) atoms. The summed E-state index contributed by atoms with van der Waals surface area (Å²) in [6, 6.07) is 13.6. The summed E-state index contributed by atoms with van der Waals surface area (Å²) in [5, 5.41) is 11.4. The molecule has 1 aromatic heterocycles. The van der Waals surface area contributed by atoms with Crippen molar-refractivity contribution in [2.45, 2.75) is 41.5 Å². The molecule has 2 heterocycles. The first-order valence-electron chi connectivity index (χ1n) is 11.5. The van der Waals surface area contributed by atoms with Crippen molar-refractivity contribution in [2.24, 2.45) is 0 Å². The van der Waals surface area contributed by atoms with Crippen LogP contribution in [-0.2, 0) is 22.0 Å². The summed E-state index contributed by atoms with van der Waals surface area (Å²) >= 11 is 1.08. The Balaban J connectivity index is 0.00000420. The molecule has 1 atom stereocenters. The van der Waals surface area contributed by atoms with E-state index in [0.29, 0.717) is 24.2 Å². The molecule has 0 unspecified atom stereocenters. The Morgan fingerprint density at radius 2 is 1.51 bits per heavy atom. The molecule has 2 aromatic carbocycles. The zero-order valence-electron chi connectivity index (χ0n) is 20.4. The molecule has 1 N–H and O–H groups in total. The highest BCUT2D eigenvalue weighted by Gasteiger charge is 2.71. The maximum Gasteiger partial charge on any atom is 0.430 e. The SMILES string of the molecule is Cc1ccc(C[C@@H]2CN(S(=O)(=O)c3cccs3)CCN2c2ccc(C(O)(C(F)(F)F)C(F)(F)F)cc2)cc1.Cl. The Kier molecular flexibility index (Phi) is 9.03. The molecule has 3 aromatic rings. The molecule has 14 heteroatoms. The minimum absolute atomic E-state index is 0. The molecule has 0 aliphatic carbocycles. The van der Waals surface area contributed by atoms with Gasteiger partial charge in [-0.2, -0.15) is 30.6 Å². The number of anilines is 1. The molecule has 5 nitrogen and oxygen atoms in total. The Bertz CT molecular complexity index is 1330. The zero-order chi connectivity index (χ0) is 27.9. The van der Waals surface area contributed by atoms with Gasteiger partial charge in [-0.3, -0.25) is 0 Å². The molecule has 1 aliphatic rings. The van der Waals surface area contributed by atoms with Gasteiger partial charge in [-0.15, -0.1) is 23.7 Å². The van der Waals surface area contributed by atoms with Gasteiger partial charge in [0.1, 0.15) is 4.21 Å². The summed E-state index contributed by atoms with van der Waals surface area (Å²) in [5.74, 6) is 0. The summed E-state index contributed by atoms with van der Waals surface area (Å²) in [4.78, 5) is 1.77. The van der Waals surface area contributed by atoms with Crippen LogP contribution in [0.25, 0.3) is 0 Å². The average Bonchev–Trinajstić information content (AvgIpc) is 3.40. The number of aryl methyl sites for hydroxylation is 1. The number of alkyl halides is 6. The normalized spacial score (nSPS) is 17.6. The van der Waals surface area contributed by atoms with E-state index in [2.05, 4.69) is 0 Å². The van der Waals surface area contributed by atoms with E-state index in [1.807, 2.05) is 31.2 Å². The number of thiophene rings is 1. The number of aliphatic hydroxyl groups is 1. The Hall–Kier alpha value is -2.32. The lowest BCUT2D eigenvalue weighted by atomic mass is 9.92. The number of sulfonamides is 1. The quantitative estimate of drug-likeness (QED) is 0.351. The summed E-state index contributed by atoms with van der Waals surface area (Å²) in [6.07, 6.45) is -11.6. The first kappa shape index (κ1) is 31.2. The van der Waals surface area contributed by atoms with Gasteiger partial charge in [0.25, 0.3) is 15.6 Å². The van der Waals surface area contributed by atoms with E-state index in [1.165, 1.54) is 10.4 Å². The molecule has 214 valence electrons. The van der Waals surface area contributed by atoms with Gasteiger partial charge in [0.15, 0.2) is 0 Å². The van der Waals surface area contributed by atoms with Crippen molar-refractivity contribution < 1.29 is 39.9 Å². The summed E-state index contributed by atoms with van der Waals surface area (Å²) in [5.41, 5.74) is -4.15. The van der Waals surface area contributed by atoms with Crippen LogP contribution < -0.4 is 4.90 Å². The van der Waals surface area contributed by atoms with Crippen molar-refractivity contribution in [2.75, 3.05) is 24.5 Å². The summed E-state index contributed by atoms with van der Waals surface area (Å²) < 4.78 is 108. The highest BCUT2D eigenvalue weighted by Crippen LogP contribution is 2.50. The lowest BCUT2D eigenvalue weighted by Gasteiger charge is -2.42. The van der Waals surface area contributed by atoms with Crippen LogP contribution in [0.2, 0.25) is 0 Å². The lowest BCUT2D eigenvalue weighted by Crippen LogP contribution is -2.55. The monoisotopic (exact) mass is 614 g/mol. The van der Waals surface area contributed by atoms with Crippen molar-refractivity contribution in [1.29, 1.82) is 0 Å². The first-order chi connectivity index (χ1) is 17.6. The standard InChI is InChI=1S/C25H24F6N2O3S2.ClH/c1-17-4-6-18(7-5-17)15-21-16-32(38(35,36)22-3-2-14-37-22)12-13-33(21)20-10-8-19(9-11-20)23(34,24(26,27)28)25(29,30)31;/h2-11,14,21,34H,12-13,15-16H2,1H3;1H/t21-;/m1./s1. The zero-order valence-corrected chi connectivity index (χ0v) is 22.9. The fourth-order valence-electron chi connectivity index (χ4n) is 4.48. The van der Waals surface area contributed by atoms with Crippen LogP contribution in [0.4, 0.5) is 32.0 Å². The molecule has 1 aliphatic heterocycles. The number of nitrogens with zero attached hydrogens (tertiary/aromatic N) is 2. The molecule has 0 saturated carbocycles. The molecule has 0 radical (unpaired) electrons. The largest absolute Gasteiger partial charge is 0.430 e. The fourth-order valence-corrected chi connectivity index (χ4v) is 7.09. The van der Waals surface area contributed by atoms with Crippen molar-refractivity contribution in [3.05, 3.63) is 82.7 Å². The molecule has 0 spiro atoms. The molecule has 1 fully saturated rings. The van der Waals surface area contributed by atoms with Crippen molar-refractivity contribution in [1.82, 2.24) is 4.31 Å². The molecular weight excluding hydrogens is 590 g/mol. The van der Waals surface area contributed by atoms with E-state index >= 15 is 0 Å². The predicted molar refractivity (Wildman–Crippen MR) is 139 cm³/mol. The van der Waals surface area contributed by atoms with Gasteiger partial charge < -0.3 is 10.0 Å². The van der Waals surface area contributed by atoms with Crippen LogP contribution in [0.5, 0.6) is 0 Å². The van der Waals surface area contributed by atoms with Gasteiger partial charge in [0.2, 0.25) is 0 Å². The predicted octanol–water partition coefficient (Wildman–Crippen LogP) is 5.91. The van der Waals surface area contributed by atoms with Crippen molar-refractivity contribution >= 4 is 39.5 Å². The second kappa shape index (κ2) is 11.3. The highest BCUT2D eigenvalue weighted by atomic mass is 35.5. The minimum atomic E-state index is -5.98. The topological polar surface area (TPSA) is 60.9 Å². The Morgan fingerprint density at radius 3 is 2.03 bits per heavy atom. The van der Waals surface area contributed by atoms with E-state index in [9.17, 15) is 39.9 Å². The number of piperazine rings is 1. The van der Waals surface area contributed by atoms with Crippen LogP contribution in [0.15, 0.2) is 70.3 Å². The Morgan fingerprint density at radius 1 is 0.923 bits per heavy atom. The van der Waals surface area contributed by atoms with Gasteiger partial charge in [0, 0.05) is 36.9 Å². The first-order valence-corrected chi connectivity index (χ1v) is 13.8. The minimum Gasteiger partial charge on any atom is -0.369 e. The number of rotatable bonds is 6. The number of hydrogen-bond acceptors (Lipinski definition) is 5. The third-order valence-electron chi connectivity index (χ3n) is 6.56. The number of halogens is 7. The van der Waals surface area contributed by atoms with Gasteiger partial charge in [0.05, 0.1) is 0 Å². The summed E-state index contributed by atoms with van der Waals surface area (Å²) in [6.45, 7) is 2.20. The second-order valence-electron chi connectivity index (χ2n) is 9.08. The van der Waals surface area contributed by atoms with E-state index in [-0.39, 0.29) is 36.3 Å². The van der Waals surface area contributed by atoms with Gasteiger partial charge >= 0.3 is 12.4 Å². The molecular formula is C25H25ClF6N2O3S2. The number of hydrogen-bond donors (Lipinski definition) is 1. The van der Waals surface area contributed by atoms with Gasteiger partial charge in [-0.05, 0) is 42.5 Å². The number of benzene rings is 2. The maximum absolute atomic E-state index is 13.3. The van der Waals surface area contributed by atoms with Crippen LogP contribution in [-0.4, -0.2) is 55.9 Å². The van der Waals surface area contributed by atoms with Crippen LogP contribution in [0.1, 0.15) is 16.7 Å². The third-order valence-corrected chi connectivity index (χ3v) is 9.80. The van der Waals surface area contributed by atoms with E-state index in [4.69, 9.17) is 0 Å². The van der Waals surface area contributed by atoms with E-state index in [1.54, 1.807) is 16.3 Å². The highest BCUT2D eigenvalue weighted by molar-refractivity contribution is 7.91. The van der Waals surface area contributed by atoms with Crippen molar-refractivity contribution in [3.63, 3.8) is 0 Å².